The molecule has 0 aromatic heterocycles. The Bertz CT molecular complexity index is 115. The van der Waals surface area contributed by atoms with Crippen molar-refractivity contribution in [3.63, 3.8) is 0 Å². The maximum atomic E-state index is 5.50. The normalized spacial score (nSPS) is 13.3. The second-order valence-electron chi connectivity index (χ2n) is 3.25. The number of nitrogens with zero attached hydrogens (tertiary/aromatic N) is 1. The van der Waals surface area contributed by atoms with Crippen molar-refractivity contribution < 1.29 is 25.3 Å². The average molecular weight is 238 g/mol. The minimum atomic E-state index is -1.77. The first-order chi connectivity index (χ1) is 6.74. The van der Waals surface area contributed by atoms with E-state index >= 15 is 0 Å². The fraction of sp³-hybridized carbons (Fsp3) is 1.00. The van der Waals surface area contributed by atoms with E-state index in [4.69, 9.17) is 6.64 Å². The van der Waals surface area contributed by atoms with Crippen LogP contribution in [0.2, 0.25) is 0 Å². The molecule has 4 heteroatoms. The van der Waals surface area contributed by atoms with Crippen LogP contribution in [0, 0.1) is 0 Å². The zero-order valence-corrected chi connectivity index (χ0v) is 11.7. The molecule has 0 aliphatic rings. The Morgan fingerprint density at radius 1 is 1.07 bits per heavy atom. The Labute approximate surface area is 95.5 Å². The van der Waals surface area contributed by atoms with Gasteiger partial charge in [-0.2, -0.15) is 0 Å². The van der Waals surface area contributed by atoms with Crippen LogP contribution in [0.5, 0.6) is 0 Å². The van der Waals surface area contributed by atoms with E-state index in [2.05, 4.69) is 25.7 Å². The van der Waals surface area contributed by atoms with Crippen molar-refractivity contribution in [3.8, 4) is 0 Å². The van der Waals surface area contributed by atoms with Crippen LogP contribution in [0.3, 0.4) is 0 Å². The molecule has 3 nitrogen and oxygen atoms in total. The molecule has 85 valence electrons. The van der Waals surface area contributed by atoms with Gasteiger partial charge in [-0.15, -0.1) is 0 Å². The van der Waals surface area contributed by atoms with Crippen LogP contribution < -0.4 is 0 Å². The van der Waals surface area contributed by atoms with Crippen molar-refractivity contribution in [2.75, 3.05) is 27.3 Å². The molecule has 0 fully saturated rings. The molecule has 0 aliphatic carbocycles. The van der Waals surface area contributed by atoms with Gasteiger partial charge in [0.05, 0.1) is 0 Å². The number of hydrogen-bond donors (Lipinski definition) is 0. The molecule has 0 spiro atoms. The van der Waals surface area contributed by atoms with E-state index in [9.17, 15) is 0 Å². The molecule has 0 radical (unpaired) electrons. The second kappa shape index (κ2) is 8.87. The molecule has 0 aromatic carbocycles. The van der Waals surface area contributed by atoms with Crippen LogP contribution >= 0.6 is 0 Å². The Hall–Kier alpha value is 0.594. The minimum absolute atomic E-state index is 0.546. The van der Waals surface area contributed by atoms with E-state index in [0.29, 0.717) is 4.35 Å². The van der Waals surface area contributed by atoms with Gasteiger partial charge in [-0.25, -0.2) is 0 Å². The maximum absolute atomic E-state index is 5.50. The molecule has 14 heavy (non-hydrogen) atoms. The summed E-state index contributed by atoms with van der Waals surface area (Å²) in [5, 5.41) is 0. The quantitative estimate of drug-likeness (QED) is 0.605. The summed E-state index contributed by atoms with van der Waals surface area (Å²) in [5.74, 6) is 0. The van der Waals surface area contributed by atoms with Gasteiger partial charge in [0.2, 0.25) is 0 Å². The summed E-state index contributed by atoms with van der Waals surface area (Å²) in [6, 6.07) is 0. The van der Waals surface area contributed by atoms with Gasteiger partial charge in [0.1, 0.15) is 0 Å². The Kier molecular flexibility index (Phi) is 9.24. The van der Waals surface area contributed by atoms with Gasteiger partial charge >= 0.3 is 95.5 Å². The Balaban J connectivity index is 4.36. The van der Waals surface area contributed by atoms with Crippen molar-refractivity contribution >= 4 is 0 Å². The molecule has 0 rings (SSSR count). The third-order valence-electron chi connectivity index (χ3n) is 2.49. The van der Waals surface area contributed by atoms with Gasteiger partial charge in [0.15, 0.2) is 0 Å². The first-order valence-electron chi connectivity index (χ1n) is 5.43. The van der Waals surface area contributed by atoms with Crippen LogP contribution in [0.1, 0.15) is 33.6 Å². The van der Waals surface area contributed by atoms with Crippen molar-refractivity contribution in [1.29, 1.82) is 0 Å². The van der Waals surface area contributed by atoms with Gasteiger partial charge in [-0.05, 0) is 0 Å². The van der Waals surface area contributed by atoms with Crippen molar-refractivity contribution in [2.45, 2.75) is 38.0 Å². The van der Waals surface area contributed by atoms with Gasteiger partial charge in [0.25, 0.3) is 0 Å². The predicted molar refractivity (Wildman–Crippen MR) is 55.6 cm³/mol. The molecule has 1 atom stereocenters. The molecular weight excluding hydrogens is 214 g/mol. The summed E-state index contributed by atoms with van der Waals surface area (Å²) in [6.07, 6.45) is 2.39. The fourth-order valence-corrected chi connectivity index (χ4v) is 4.71. The van der Waals surface area contributed by atoms with Crippen molar-refractivity contribution in [3.05, 3.63) is 0 Å². The molecular formula is C10H24NO2Ti. The van der Waals surface area contributed by atoms with Crippen LogP contribution in [0.15, 0.2) is 0 Å². The van der Waals surface area contributed by atoms with Gasteiger partial charge < -0.3 is 0 Å². The molecule has 0 aliphatic heterocycles. The Morgan fingerprint density at radius 3 is 1.86 bits per heavy atom. The molecule has 0 N–H and O–H groups in total. The third-order valence-corrected chi connectivity index (χ3v) is 5.62. The zero-order valence-electron chi connectivity index (χ0n) is 10.2. The van der Waals surface area contributed by atoms with Crippen molar-refractivity contribution in [1.82, 2.24) is 4.90 Å². The van der Waals surface area contributed by atoms with Crippen molar-refractivity contribution in [2.24, 2.45) is 0 Å². The van der Waals surface area contributed by atoms with E-state index in [-0.39, 0.29) is 0 Å². The zero-order chi connectivity index (χ0) is 11.0. The second-order valence-corrected chi connectivity index (χ2v) is 6.57. The molecule has 0 amide bonds. The predicted octanol–water partition coefficient (Wildman–Crippen LogP) is 2.20. The van der Waals surface area contributed by atoms with E-state index < -0.39 is 18.6 Å². The van der Waals surface area contributed by atoms with E-state index in [0.717, 1.165) is 13.1 Å². The van der Waals surface area contributed by atoms with Gasteiger partial charge in [-0.3, -0.25) is 0 Å². The summed E-state index contributed by atoms with van der Waals surface area (Å²) in [7, 11) is 3.57. The number of rotatable bonds is 8. The molecule has 0 saturated carbocycles. The first kappa shape index (κ1) is 14.6. The van der Waals surface area contributed by atoms with Gasteiger partial charge in [-0.1, -0.05) is 0 Å². The number of hydrogen-bond acceptors (Lipinski definition) is 3. The molecule has 0 bridgehead atoms. The SMILES string of the molecule is CCC[CH](N(CC)CC)[Ti]([O]C)[O]C. The van der Waals surface area contributed by atoms with Crippen LogP contribution in [0.4, 0.5) is 0 Å². The summed E-state index contributed by atoms with van der Waals surface area (Å²) < 4.78 is 11.5. The summed E-state index contributed by atoms with van der Waals surface area (Å²) in [6.45, 7) is 8.80. The standard InChI is InChI=1S/C8H18N.2CH3O.Ti/c1-4-7-8-9(5-2)6-3;2*1-2;/h8H,4-7H2,1-3H3;2*1H3;/q;2*-1;+2. The van der Waals surface area contributed by atoms with Crippen LogP contribution in [-0.4, -0.2) is 36.6 Å². The van der Waals surface area contributed by atoms with Gasteiger partial charge in [0, 0.05) is 0 Å². The van der Waals surface area contributed by atoms with E-state index in [1.807, 2.05) is 0 Å². The fourth-order valence-electron chi connectivity index (χ4n) is 1.74. The monoisotopic (exact) mass is 238 g/mol. The Morgan fingerprint density at radius 2 is 1.57 bits per heavy atom. The average Bonchev–Trinajstić information content (AvgIpc) is 2.21. The third kappa shape index (κ3) is 4.41. The van der Waals surface area contributed by atoms with Crippen LogP contribution in [-0.2, 0) is 25.3 Å². The first-order valence-corrected chi connectivity index (χ1v) is 7.61. The summed E-state index contributed by atoms with van der Waals surface area (Å²) >= 11 is -1.77. The topological polar surface area (TPSA) is 21.7 Å². The van der Waals surface area contributed by atoms with Crippen LogP contribution in [0.25, 0.3) is 0 Å². The molecule has 0 heterocycles. The molecule has 1 unspecified atom stereocenters. The molecule has 0 saturated heterocycles. The van der Waals surface area contributed by atoms with E-state index in [1.54, 1.807) is 14.2 Å². The van der Waals surface area contributed by atoms with E-state index in [1.165, 1.54) is 12.8 Å². The summed E-state index contributed by atoms with van der Waals surface area (Å²) in [5.41, 5.74) is 0. The molecule has 0 aromatic rings. The summed E-state index contributed by atoms with van der Waals surface area (Å²) in [4.78, 5) is 2.46.